The minimum Gasteiger partial charge on any atom is -0.380 e. The predicted molar refractivity (Wildman–Crippen MR) is 129 cm³/mol. The van der Waals surface area contributed by atoms with E-state index in [1.54, 1.807) is 7.11 Å². The van der Waals surface area contributed by atoms with Crippen LogP contribution in [-0.4, -0.2) is 69.7 Å². The second-order valence-corrected chi connectivity index (χ2v) is 10.5. The summed E-state index contributed by atoms with van der Waals surface area (Å²) >= 11 is 6.53. The molecule has 5 atom stereocenters. The molecular weight excluding hydrogens is 440 g/mol. The Hall–Kier alpha value is -1.90. The van der Waals surface area contributed by atoms with Crippen LogP contribution in [0.25, 0.3) is 5.65 Å². The smallest absolute Gasteiger partial charge is 0.226 e. The minimum absolute atomic E-state index is 0.00848. The fraction of sp³-hybridized carbons (Fsp3) is 0.708. The number of hydrogen-bond acceptors (Lipinski definition) is 6. The molecule has 9 heteroatoms. The van der Waals surface area contributed by atoms with Crippen LogP contribution in [0.5, 0.6) is 0 Å². The van der Waals surface area contributed by atoms with Gasteiger partial charge >= 0.3 is 0 Å². The van der Waals surface area contributed by atoms with Crippen LogP contribution in [0.1, 0.15) is 62.2 Å². The average Bonchev–Trinajstić information content (AvgIpc) is 3.43. The van der Waals surface area contributed by atoms with E-state index in [4.69, 9.17) is 32.2 Å². The van der Waals surface area contributed by atoms with Gasteiger partial charge in [-0.3, -0.25) is 4.79 Å². The number of ether oxygens (including phenoxy) is 1. The van der Waals surface area contributed by atoms with Crippen LogP contribution in [0.15, 0.2) is 12.3 Å². The summed E-state index contributed by atoms with van der Waals surface area (Å²) in [6, 6.07) is 2.25. The number of hydrogen-bond donors (Lipinski definition) is 1. The second-order valence-electron chi connectivity index (χ2n) is 9.96. The molecule has 0 bridgehead atoms. The van der Waals surface area contributed by atoms with Gasteiger partial charge in [0.1, 0.15) is 5.82 Å². The maximum absolute atomic E-state index is 13.6. The van der Waals surface area contributed by atoms with E-state index in [2.05, 4.69) is 22.8 Å². The number of halogens is 1. The van der Waals surface area contributed by atoms with Crippen molar-refractivity contribution in [2.24, 2.45) is 11.7 Å². The van der Waals surface area contributed by atoms with Crippen LogP contribution in [0, 0.1) is 12.8 Å². The van der Waals surface area contributed by atoms with E-state index < -0.39 is 0 Å². The quantitative estimate of drug-likeness (QED) is 0.685. The van der Waals surface area contributed by atoms with E-state index in [1.165, 1.54) is 0 Å². The highest BCUT2D eigenvalue weighted by Gasteiger charge is 2.38. The monoisotopic (exact) mass is 474 g/mol. The summed E-state index contributed by atoms with van der Waals surface area (Å²) < 4.78 is 7.34. The molecule has 0 radical (unpaired) electrons. The van der Waals surface area contributed by atoms with Crippen molar-refractivity contribution in [2.45, 2.75) is 75.4 Å². The molecule has 2 aromatic rings. The summed E-state index contributed by atoms with van der Waals surface area (Å²) in [5, 5.41) is 4.76. The van der Waals surface area contributed by atoms with Gasteiger partial charge < -0.3 is 20.3 Å². The Labute approximate surface area is 200 Å². The Balaban J connectivity index is 1.38. The number of fused-ring (bicyclic) bond motifs is 1. The molecule has 4 heterocycles. The molecule has 1 aliphatic carbocycles. The average molecular weight is 475 g/mol. The zero-order valence-corrected chi connectivity index (χ0v) is 20.4. The maximum Gasteiger partial charge on any atom is 0.226 e. The number of aryl methyl sites for hydroxylation is 1. The van der Waals surface area contributed by atoms with Gasteiger partial charge in [-0.2, -0.15) is 5.10 Å². The van der Waals surface area contributed by atoms with Gasteiger partial charge in [-0.25, -0.2) is 9.50 Å². The SMILES string of the molecule is COC1CCC(C(=O)N2CCCCC2c2cc3nc(N4CCC(N)C4)c(C)cn3n2)CC1Cl. The molecule has 5 unspecified atom stereocenters. The minimum atomic E-state index is -0.111. The highest BCUT2D eigenvalue weighted by molar-refractivity contribution is 6.21. The number of nitrogens with zero attached hydrogens (tertiary/aromatic N) is 5. The molecule has 2 aromatic heterocycles. The number of likely N-dealkylation sites (tertiary alicyclic amines) is 1. The van der Waals surface area contributed by atoms with E-state index in [0.29, 0.717) is 6.42 Å². The van der Waals surface area contributed by atoms with Gasteiger partial charge in [0.25, 0.3) is 0 Å². The number of anilines is 1. The highest BCUT2D eigenvalue weighted by Crippen LogP contribution is 2.37. The number of carbonyl (C=O) groups excluding carboxylic acids is 1. The summed E-state index contributed by atoms with van der Waals surface area (Å²) in [4.78, 5) is 22.8. The van der Waals surface area contributed by atoms with Crippen molar-refractivity contribution < 1.29 is 9.53 Å². The molecule has 5 rings (SSSR count). The zero-order chi connectivity index (χ0) is 23.1. The molecule has 180 valence electrons. The zero-order valence-electron chi connectivity index (χ0n) is 19.6. The summed E-state index contributed by atoms with van der Waals surface area (Å²) in [6.07, 6.45) is 8.48. The summed E-state index contributed by atoms with van der Waals surface area (Å²) in [6.45, 7) is 4.62. The standard InChI is InChI=1S/C24H35ClN6O2/c1-15-13-31-22(27-23(15)29-10-8-17(26)14-29)12-19(28-31)20-5-3-4-9-30(20)24(32)16-6-7-21(33-2)18(25)11-16/h12-13,16-18,20-21H,3-11,14,26H2,1-2H3. The van der Waals surface area contributed by atoms with E-state index in [0.717, 1.165) is 80.9 Å². The van der Waals surface area contributed by atoms with Gasteiger partial charge in [-0.1, -0.05) is 0 Å². The second kappa shape index (κ2) is 9.39. The van der Waals surface area contributed by atoms with E-state index in [1.807, 2.05) is 10.7 Å². The van der Waals surface area contributed by atoms with Gasteiger partial charge in [0.2, 0.25) is 5.91 Å². The fourth-order valence-electron chi connectivity index (χ4n) is 5.80. The van der Waals surface area contributed by atoms with Gasteiger partial charge in [0.05, 0.1) is 23.2 Å². The van der Waals surface area contributed by atoms with Crippen LogP contribution < -0.4 is 10.6 Å². The van der Waals surface area contributed by atoms with Gasteiger partial charge in [0.15, 0.2) is 5.65 Å². The first kappa shape index (κ1) is 22.9. The molecular formula is C24H35ClN6O2. The van der Waals surface area contributed by atoms with Crippen LogP contribution in [0.3, 0.4) is 0 Å². The Kier molecular flexibility index (Phi) is 6.51. The molecule has 0 spiro atoms. The van der Waals surface area contributed by atoms with Crippen molar-refractivity contribution >= 4 is 29.0 Å². The maximum atomic E-state index is 13.6. The Morgan fingerprint density at radius 1 is 1.21 bits per heavy atom. The molecule has 8 nitrogen and oxygen atoms in total. The molecule has 0 aromatic carbocycles. The largest absolute Gasteiger partial charge is 0.380 e. The lowest BCUT2D eigenvalue weighted by molar-refractivity contribution is -0.141. The van der Waals surface area contributed by atoms with Crippen LogP contribution in [-0.2, 0) is 9.53 Å². The Bertz CT molecular complexity index is 1010. The van der Waals surface area contributed by atoms with Crippen molar-refractivity contribution in [3.05, 3.63) is 23.5 Å². The number of rotatable bonds is 4. The molecule has 3 fully saturated rings. The van der Waals surface area contributed by atoms with Crippen molar-refractivity contribution in [1.29, 1.82) is 0 Å². The summed E-state index contributed by atoms with van der Waals surface area (Å²) in [5.41, 5.74) is 8.96. The number of aromatic nitrogens is 3. The van der Waals surface area contributed by atoms with Crippen molar-refractivity contribution in [3.63, 3.8) is 0 Å². The van der Waals surface area contributed by atoms with Crippen molar-refractivity contribution in [3.8, 4) is 0 Å². The number of amides is 1. The number of methoxy groups -OCH3 is 1. The lowest BCUT2D eigenvalue weighted by atomic mass is 9.85. The van der Waals surface area contributed by atoms with Crippen molar-refractivity contribution in [2.75, 3.05) is 31.6 Å². The number of alkyl halides is 1. The lowest BCUT2D eigenvalue weighted by Gasteiger charge is -2.39. The molecule has 3 aliphatic rings. The van der Waals surface area contributed by atoms with E-state index in [9.17, 15) is 4.79 Å². The first-order chi connectivity index (χ1) is 15.9. The molecule has 33 heavy (non-hydrogen) atoms. The molecule has 1 amide bonds. The van der Waals surface area contributed by atoms with Crippen LogP contribution in [0.2, 0.25) is 0 Å². The van der Waals surface area contributed by atoms with E-state index in [-0.39, 0.29) is 35.4 Å². The third-order valence-electron chi connectivity index (χ3n) is 7.64. The summed E-state index contributed by atoms with van der Waals surface area (Å²) in [5.74, 6) is 1.16. The number of piperidine rings is 1. The Morgan fingerprint density at radius 2 is 2.06 bits per heavy atom. The topological polar surface area (TPSA) is 89.0 Å². The fourth-order valence-corrected chi connectivity index (χ4v) is 6.24. The number of nitrogens with two attached hydrogens (primary N) is 1. The van der Waals surface area contributed by atoms with Gasteiger partial charge in [-0.15, -0.1) is 11.6 Å². The molecule has 1 saturated carbocycles. The highest BCUT2D eigenvalue weighted by atomic mass is 35.5. The van der Waals surface area contributed by atoms with Gasteiger partial charge in [-0.05, 0) is 51.9 Å². The molecule has 2 N–H and O–H groups in total. The third-order valence-corrected chi connectivity index (χ3v) is 8.10. The molecule has 2 aliphatic heterocycles. The lowest BCUT2D eigenvalue weighted by Crippen LogP contribution is -2.45. The molecule has 2 saturated heterocycles. The van der Waals surface area contributed by atoms with Crippen molar-refractivity contribution in [1.82, 2.24) is 19.5 Å². The number of carbonyl (C=O) groups is 1. The van der Waals surface area contributed by atoms with Crippen LogP contribution >= 0.6 is 11.6 Å². The van der Waals surface area contributed by atoms with Crippen LogP contribution in [0.4, 0.5) is 5.82 Å². The first-order valence-corrected chi connectivity index (χ1v) is 12.7. The summed E-state index contributed by atoms with van der Waals surface area (Å²) in [7, 11) is 1.70. The third kappa shape index (κ3) is 4.45. The first-order valence-electron chi connectivity index (χ1n) is 12.3. The normalized spacial score (nSPS) is 30.8. The predicted octanol–water partition coefficient (Wildman–Crippen LogP) is 3.05. The van der Waals surface area contributed by atoms with Gasteiger partial charge in [0, 0.05) is 56.5 Å². The van der Waals surface area contributed by atoms with E-state index >= 15 is 0 Å². The Morgan fingerprint density at radius 3 is 2.79 bits per heavy atom.